The minimum Gasteiger partial charge on any atom is -0.454 e. The molecule has 4 aromatic rings. The van der Waals surface area contributed by atoms with Gasteiger partial charge in [-0.3, -0.25) is 0 Å². The van der Waals surface area contributed by atoms with Gasteiger partial charge in [0.2, 0.25) is 5.69 Å². The number of aryl methyl sites for hydroxylation is 3. The second-order valence-corrected chi connectivity index (χ2v) is 8.07. The van der Waals surface area contributed by atoms with Gasteiger partial charge in [-0.25, -0.2) is 4.57 Å². The third kappa shape index (κ3) is 2.77. The number of rotatable bonds is 3. The first-order valence-electron chi connectivity index (χ1n) is 9.75. The number of benzene rings is 2. The van der Waals surface area contributed by atoms with Crippen molar-refractivity contribution in [3.8, 4) is 17.3 Å². The van der Waals surface area contributed by atoms with Crippen molar-refractivity contribution in [2.45, 2.75) is 34.1 Å². The highest BCUT2D eigenvalue weighted by atomic mass is 16.3. The van der Waals surface area contributed by atoms with Crippen LogP contribution in [-0.2, 0) is 13.5 Å². The summed E-state index contributed by atoms with van der Waals surface area (Å²) in [5, 5.41) is 12.0. The van der Waals surface area contributed by atoms with E-state index in [1.54, 1.807) is 0 Å². The summed E-state index contributed by atoms with van der Waals surface area (Å²) in [6, 6.07) is 15.0. The fourth-order valence-electron chi connectivity index (χ4n) is 4.25. The molecule has 3 heteroatoms. The smallest absolute Gasteiger partial charge is 0.216 e. The van der Waals surface area contributed by atoms with Gasteiger partial charge >= 0.3 is 0 Å². The predicted octanol–water partition coefficient (Wildman–Crippen LogP) is 5.76. The molecular weight excluding hydrogens is 344 g/mol. The molecule has 0 aliphatic heterocycles. The number of hydrogen-bond donors (Lipinski definition) is 0. The zero-order valence-electron chi connectivity index (χ0n) is 17.1. The van der Waals surface area contributed by atoms with Crippen molar-refractivity contribution in [3.05, 3.63) is 64.8 Å². The van der Waals surface area contributed by atoms with Crippen LogP contribution in [-0.4, -0.2) is 0 Å². The Kier molecular flexibility index (Phi) is 4.43. The number of fused-ring (bicyclic) bond motifs is 3. The van der Waals surface area contributed by atoms with Crippen molar-refractivity contribution >= 4 is 21.9 Å². The minimum atomic E-state index is 0.483. The Labute approximate surface area is 165 Å². The highest BCUT2D eigenvalue weighted by molar-refractivity contribution is 6.12. The van der Waals surface area contributed by atoms with E-state index in [2.05, 4.69) is 62.6 Å². The zero-order valence-corrected chi connectivity index (χ0v) is 17.1. The van der Waals surface area contributed by atoms with E-state index in [1.165, 1.54) is 11.1 Å². The monoisotopic (exact) mass is 369 g/mol. The molecule has 0 bridgehead atoms. The molecule has 0 aliphatic rings. The van der Waals surface area contributed by atoms with E-state index in [0.29, 0.717) is 17.1 Å². The molecule has 0 unspecified atom stereocenters. The number of nitrogens with zero attached hydrogens (tertiary/aromatic N) is 2. The van der Waals surface area contributed by atoms with Crippen LogP contribution in [0.2, 0.25) is 0 Å². The Bertz CT molecular complexity index is 1260. The molecule has 0 saturated heterocycles. The van der Waals surface area contributed by atoms with Gasteiger partial charge in [0, 0.05) is 22.9 Å². The molecule has 0 N–H and O–H groups in total. The summed E-state index contributed by atoms with van der Waals surface area (Å²) in [6.07, 6.45) is 2.92. The van der Waals surface area contributed by atoms with Gasteiger partial charge in [-0.05, 0) is 48.9 Å². The Hall–Kier alpha value is -3.12. The van der Waals surface area contributed by atoms with Crippen molar-refractivity contribution < 1.29 is 8.98 Å². The maximum absolute atomic E-state index is 9.89. The Morgan fingerprint density at radius 2 is 1.86 bits per heavy atom. The number of pyridine rings is 1. The lowest BCUT2D eigenvalue weighted by Crippen LogP contribution is -2.30. The first-order valence-corrected chi connectivity index (χ1v) is 9.75. The van der Waals surface area contributed by atoms with Crippen molar-refractivity contribution in [3.63, 3.8) is 0 Å². The van der Waals surface area contributed by atoms with E-state index in [9.17, 15) is 5.26 Å². The van der Waals surface area contributed by atoms with Crippen molar-refractivity contribution in [2.24, 2.45) is 13.0 Å². The maximum atomic E-state index is 9.89. The SMILES string of the molecule is Cc1cc(C)c2c(oc3c(C#N)c(CC(C)C)ccc32)c1-c1cccc[n+]1C. The molecule has 0 atom stereocenters. The van der Waals surface area contributed by atoms with Gasteiger partial charge in [-0.1, -0.05) is 32.0 Å². The third-order valence-corrected chi connectivity index (χ3v) is 5.44. The van der Waals surface area contributed by atoms with Crippen LogP contribution in [0.4, 0.5) is 0 Å². The van der Waals surface area contributed by atoms with Crippen molar-refractivity contribution in [1.29, 1.82) is 5.26 Å². The van der Waals surface area contributed by atoms with E-state index in [0.717, 1.165) is 39.6 Å². The quantitative estimate of drug-likeness (QED) is 0.431. The van der Waals surface area contributed by atoms with Crippen LogP contribution in [0, 0.1) is 31.1 Å². The number of hydrogen-bond acceptors (Lipinski definition) is 2. The summed E-state index contributed by atoms with van der Waals surface area (Å²) in [6.45, 7) is 8.58. The molecule has 0 saturated carbocycles. The van der Waals surface area contributed by atoms with Crippen LogP contribution in [0.5, 0.6) is 0 Å². The van der Waals surface area contributed by atoms with Gasteiger partial charge in [-0.2, -0.15) is 5.26 Å². The van der Waals surface area contributed by atoms with Crippen LogP contribution in [0.1, 0.15) is 36.1 Å². The summed E-state index contributed by atoms with van der Waals surface area (Å²) in [7, 11) is 2.05. The van der Waals surface area contributed by atoms with Crippen LogP contribution < -0.4 is 4.57 Å². The van der Waals surface area contributed by atoms with Crippen molar-refractivity contribution in [2.75, 3.05) is 0 Å². The van der Waals surface area contributed by atoms with E-state index in [-0.39, 0.29) is 0 Å². The summed E-state index contributed by atoms with van der Waals surface area (Å²) < 4.78 is 8.57. The highest BCUT2D eigenvalue weighted by Crippen LogP contribution is 2.40. The Balaban J connectivity index is 2.14. The van der Waals surface area contributed by atoms with Gasteiger partial charge in [0.05, 0.1) is 11.1 Å². The number of furan rings is 1. The molecule has 2 aromatic heterocycles. The molecule has 0 fully saturated rings. The van der Waals surface area contributed by atoms with E-state index >= 15 is 0 Å². The minimum absolute atomic E-state index is 0.483. The van der Waals surface area contributed by atoms with E-state index < -0.39 is 0 Å². The van der Waals surface area contributed by atoms with Gasteiger partial charge in [0.1, 0.15) is 18.7 Å². The average molecular weight is 369 g/mol. The van der Waals surface area contributed by atoms with Crippen molar-refractivity contribution in [1.82, 2.24) is 0 Å². The fraction of sp³-hybridized carbons (Fsp3) is 0.280. The molecular formula is C25H25N2O+. The lowest BCUT2D eigenvalue weighted by molar-refractivity contribution is -0.660. The summed E-state index contributed by atoms with van der Waals surface area (Å²) in [4.78, 5) is 0. The van der Waals surface area contributed by atoms with Crippen LogP contribution in [0.15, 0.2) is 47.0 Å². The molecule has 0 amide bonds. The van der Waals surface area contributed by atoms with Gasteiger partial charge < -0.3 is 4.42 Å². The third-order valence-electron chi connectivity index (χ3n) is 5.44. The zero-order chi connectivity index (χ0) is 20.0. The van der Waals surface area contributed by atoms with E-state index in [4.69, 9.17) is 4.42 Å². The topological polar surface area (TPSA) is 40.8 Å². The molecule has 140 valence electrons. The maximum Gasteiger partial charge on any atom is 0.216 e. The molecule has 4 rings (SSSR count). The first-order chi connectivity index (χ1) is 13.4. The molecule has 28 heavy (non-hydrogen) atoms. The molecule has 0 aliphatic carbocycles. The molecule has 2 heterocycles. The second kappa shape index (κ2) is 6.80. The summed E-state index contributed by atoms with van der Waals surface area (Å²) >= 11 is 0. The van der Waals surface area contributed by atoms with Crippen LogP contribution in [0.25, 0.3) is 33.2 Å². The van der Waals surface area contributed by atoms with Crippen LogP contribution in [0.3, 0.4) is 0 Å². The second-order valence-electron chi connectivity index (χ2n) is 8.07. The van der Waals surface area contributed by atoms with E-state index in [1.807, 2.05) is 25.4 Å². The lowest BCUT2D eigenvalue weighted by Gasteiger charge is -2.07. The normalized spacial score (nSPS) is 11.5. The highest BCUT2D eigenvalue weighted by Gasteiger charge is 2.23. The molecule has 3 nitrogen and oxygen atoms in total. The fourth-order valence-corrected chi connectivity index (χ4v) is 4.25. The Morgan fingerprint density at radius 1 is 1.07 bits per heavy atom. The molecule has 2 aromatic carbocycles. The first kappa shape index (κ1) is 18.3. The number of aromatic nitrogens is 1. The summed E-state index contributed by atoms with van der Waals surface area (Å²) in [5.74, 6) is 0.483. The van der Waals surface area contributed by atoms with Gasteiger partial charge in [0.15, 0.2) is 11.8 Å². The largest absolute Gasteiger partial charge is 0.454 e. The van der Waals surface area contributed by atoms with Crippen LogP contribution >= 0.6 is 0 Å². The summed E-state index contributed by atoms with van der Waals surface area (Å²) in [5.41, 5.74) is 7.85. The van der Waals surface area contributed by atoms with Gasteiger partial charge in [-0.15, -0.1) is 0 Å². The predicted molar refractivity (Wildman–Crippen MR) is 113 cm³/mol. The number of nitriles is 1. The Morgan fingerprint density at radius 3 is 2.54 bits per heavy atom. The molecule has 0 radical (unpaired) electrons. The lowest BCUT2D eigenvalue weighted by atomic mass is 9.94. The standard InChI is InChI=1S/C25H25N2O/c1-15(2)12-18-9-10-19-22-16(3)13-17(4)23(21-8-6-7-11-27(21)5)25(22)28-24(19)20(18)14-26/h6-11,13,15H,12H2,1-5H3/q+1. The molecule has 0 spiro atoms. The average Bonchev–Trinajstić information content (AvgIpc) is 3.02. The van der Waals surface area contributed by atoms with Gasteiger partial charge in [0.25, 0.3) is 0 Å².